The van der Waals surface area contributed by atoms with E-state index >= 15 is 0 Å². The maximum absolute atomic E-state index is 12.7. The molecule has 1 saturated heterocycles. The van der Waals surface area contributed by atoms with Crippen molar-refractivity contribution in [3.05, 3.63) is 29.3 Å². The van der Waals surface area contributed by atoms with E-state index in [0.717, 1.165) is 9.87 Å². The molecule has 0 bridgehead atoms. The van der Waals surface area contributed by atoms with Crippen molar-refractivity contribution in [3.63, 3.8) is 0 Å². The number of nitrogens with zero attached hydrogens (tertiary/aromatic N) is 2. The highest BCUT2D eigenvalue weighted by Crippen LogP contribution is 2.24. The Labute approximate surface area is 160 Å². The summed E-state index contributed by atoms with van der Waals surface area (Å²) in [6, 6.07) is 4.98. The predicted octanol–water partition coefficient (Wildman–Crippen LogP) is 1.63. The molecule has 1 aromatic rings. The highest BCUT2D eigenvalue weighted by molar-refractivity contribution is 7.86. The van der Waals surface area contributed by atoms with E-state index in [1.165, 1.54) is 18.4 Å². The zero-order valence-electron chi connectivity index (χ0n) is 16.2. The molecular formula is C18H27N3O5S. The fraction of sp³-hybridized carbons (Fsp3) is 0.556. The second-order valence-corrected chi connectivity index (χ2v) is 8.87. The molecule has 0 saturated carbocycles. The Morgan fingerprint density at radius 2 is 2.04 bits per heavy atom. The van der Waals surface area contributed by atoms with Crippen LogP contribution in [0.1, 0.15) is 35.7 Å². The normalized spacial score (nSPS) is 18.3. The second kappa shape index (κ2) is 8.81. The maximum Gasteiger partial charge on any atom is 0.338 e. The molecule has 1 fully saturated rings. The molecule has 2 rings (SSSR count). The number of carbonyl (C=O) groups is 2. The Balaban J connectivity index is 2.13. The lowest BCUT2D eigenvalue weighted by molar-refractivity contribution is -0.120. The first-order valence-corrected chi connectivity index (χ1v) is 10.3. The summed E-state index contributed by atoms with van der Waals surface area (Å²) in [7, 11) is -0.595. The number of hydrogen-bond acceptors (Lipinski definition) is 5. The SMILES string of the molecule is CCOC(=O)c1ccc(C)c(NC(=O)[C@@H]2CCCN(S(=O)(=O)N(C)C)C2)c1. The lowest BCUT2D eigenvalue weighted by atomic mass is 9.98. The van der Waals surface area contributed by atoms with Crippen LogP contribution < -0.4 is 5.32 Å². The molecular weight excluding hydrogens is 370 g/mol. The third-order valence-corrected chi connectivity index (χ3v) is 6.46. The van der Waals surface area contributed by atoms with E-state index in [-0.39, 0.29) is 19.1 Å². The molecule has 0 radical (unpaired) electrons. The smallest absolute Gasteiger partial charge is 0.338 e. The molecule has 0 aliphatic carbocycles. The summed E-state index contributed by atoms with van der Waals surface area (Å²) in [5.74, 6) is -1.15. The zero-order valence-corrected chi connectivity index (χ0v) is 17.0. The van der Waals surface area contributed by atoms with E-state index in [0.29, 0.717) is 30.6 Å². The first-order chi connectivity index (χ1) is 12.7. The molecule has 9 heteroatoms. The van der Waals surface area contributed by atoms with Gasteiger partial charge < -0.3 is 10.1 Å². The molecule has 1 aliphatic heterocycles. The molecule has 1 N–H and O–H groups in total. The highest BCUT2D eigenvalue weighted by atomic mass is 32.2. The van der Waals surface area contributed by atoms with Gasteiger partial charge in [0.05, 0.1) is 18.1 Å². The van der Waals surface area contributed by atoms with Crippen LogP contribution >= 0.6 is 0 Å². The van der Waals surface area contributed by atoms with Crippen molar-refractivity contribution in [3.8, 4) is 0 Å². The third-order valence-electron chi connectivity index (χ3n) is 4.55. The predicted molar refractivity (Wildman–Crippen MR) is 103 cm³/mol. The van der Waals surface area contributed by atoms with Crippen LogP contribution in [0.2, 0.25) is 0 Å². The largest absolute Gasteiger partial charge is 0.462 e. The van der Waals surface area contributed by atoms with Crippen molar-refractivity contribution in [1.29, 1.82) is 0 Å². The maximum atomic E-state index is 12.7. The van der Waals surface area contributed by atoms with Crippen molar-refractivity contribution in [2.45, 2.75) is 26.7 Å². The van der Waals surface area contributed by atoms with Crippen molar-refractivity contribution >= 4 is 27.8 Å². The van der Waals surface area contributed by atoms with Gasteiger partial charge in [0.1, 0.15) is 0 Å². The molecule has 150 valence electrons. The summed E-state index contributed by atoms with van der Waals surface area (Å²) in [6.45, 7) is 4.37. The van der Waals surface area contributed by atoms with Gasteiger partial charge in [0, 0.05) is 32.9 Å². The standard InChI is InChI=1S/C18H27N3O5S/c1-5-26-18(23)14-9-8-13(2)16(11-14)19-17(22)15-7-6-10-21(12-15)27(24,25)20(3)4/h8-9,11,15H,5-7,10,12H2,1-4H3,(H,19,22)/t15-/m1/s1. The van der Waals surface area contributed by atoms with Crippen LogP contribution in [-0.2, 0) is 19.7 Å². The number of carbonyl (C=O) groups excluding carboxylic acids is 2. The van der Waals surface area contributed by atoms with Crippen molar-refractivity contribution in [2.24, 2.45) is 5.92 Å². The molecule has 27 heavy (non-hydrogen) atoms. The van der Waals surface area contributed by atoms with Gasteiger partial charge in [0.2, 0.25) is 5.91 Å². The summed E-state index contributed by atoms with van der Waals surface area (Å²) < 4.78 is 32.1. The van der Waals surface area contributed by atoms with Crippen molar-refractivity contribution in [2.75, 3.05) is 39.1 Å². The minimum Gasteiger partial charge on any atom is -0.462 e. The number of esters is 1. The number of piperidine rings is 1. The average molecular weight is 397 g/mol. The monoisotopic (exact) mass is 397 g/mol. The quantitative estimate of drug-likeness (QED) is 0.736. The molecule has 1 aliphatic rings. The summed E-state index contributed by atoms with van der Waals surface area (Å²) in [5.41, 5.74) is 1.70. The second-order valence-electron chi connectivity index (χ2n) is 6.73. The van der Waals surface area contributed by atoms with Crippen LogP contribution in [0.25, 0.3) is 0 Å². The van der Waals surface area contributed by atoms with Crippen molar-refractivity contribution in [1.82, 2.24) is 8.61 Å². The van der Waals surface area contributed by atoms with Gasteiger partial charge >= 0.3 is 5.97 Å². The Kier molecular flexibility index (Phi) is 6.96. The Hall–Kier alpha value is -1.97. The van der Waals surface area contributed by atoms with Gasteiger partial charge in [-0.05, 0) is 44.4 Å². The van der Waals surface area contributed by atoms with Gasteiger partial charge in [0.15, 0.2) is 0 Å². The first kappa shape index (κ1) is 21.3. The Morgan fingerprint density at radius 3 is 2.67 bits per heavy atom. The summed E-state index contributed by atoms with van der Waals surface area (Å²) >= 11 is 0. The molecule has 1 atom stereocenters. The number of anilines is 1. The number of rotatable bonds is 6. The first-order valence-electron chi connectivity index (χ1n) is 8.93. The molecule has 0 unspecified atom stereocenters. The van der Waals surface area contributed by atoms with E-state index in [9.17, 15) is 18.0 Å². The van der Waals surface area contributed by atoms with Gasteiger partial charge in [-0.1, -0.05) is 6.07 Å². The van der Waals surface area contributed by atoms with E-state index in [1.54, 1.807) is 25.1 Å². The van der Waals surface area contributed by atoms with Gasteiger partial charge in [-0.2, -0.15) is 17.0 Å². The van der Waals surface area contributed by atoms with E-state index < -0.39 is 22.1 Å². The summed E-state index contributed by atoms with van der Waals surface area (Å²) in [5, 5.41) is 2.84. The number of nitrogens with one attached hydrogen (secondary N) is 1. The average Bonchev–Trinajstić information content (AvgIpc) is 2.63. The number of amides is 1. The topological polar surface area (TPSA) is 96.0 Å². The van der Waals surface area contributed by atoms with Gasteiger partial charge in [-0.15, -0.1) is 0 Å². The highest BCUT2D eigenvalue weighted by Gasteiger charge is 2.33. The van der Waals surface area contributed by atoms with Gasteiger partial charge in [-0.3, -0.25) is 4.79 Å². The zero-order chi connectivity index (χ0) is 20.2. The summed E-state index contributed by atoms with van der Waals surface area (Å²) in [4.78, 5) is 24.6. The van der Waals surface area contributed by atoms with Crippen LogP contribution in [0.5, 0.6) is 0 Å². The van der Waals surface area contributed by atoms with Crippen LogP contribution in [-0.4, -0.2) is 62.7 Å². The fourth-order valence-corrected chi connectivity index (χ4v) is 4.12. The molecule has 1 aromatic carbocycles. The molecule has 1 amide bonds. The lowest BCUT2D eigenvalue weighted by Gasteiger charge is -2.32. The van der Waals surface area contributed by atoms with E-state index in [4.69, 9.17) is 4.74 Å². The molecule has 1 heterocycles. The minimum atomic E-state index is -3.55. The van der Waals surface area contributed by atoms with Gasteiger partial charge in [-0.25, -0.2) is 4.79 Å². The Morgan fingerprint density at radius 1 is 1.33 bits per heavy atom. The van der Waals surface area contributed by atoms with E-state index in [1.807, 2.05) is 6.92 Å². The number of ether oxygens (including phenoxy) is 1. The van der Waals surface area contributed by atoms with Crippen LogP contribution in [0.4, 0.5) is 5.69 Å². The molecule has 8 nitrogen and oxygen atoms in total. The van der Waals surface area contributed by atoms with Gasteiger partial charge in [0.25, 0.3) is 10.2 Å². The fourth-order valence-electron chi connectivity index (χ4n) is 2.93. The summed E-state index contributed by atoms with van der Waals surface area (Å²) in [6.07, 6.45) is 1.23. The van der Waals surface area contributed by atoms with Crippen LogP contribution in [0, 0.1) is 12.8 Å². The number of benzene rings is 1. The number of aryl methyl sites for hydroxylation is 1. The van der Waals surface area contributed by atoms with Crippen molar-refractivity contribution < 1.29 is 22.7 Å². The van der Waals surface area contributed by atoms with E-state index in [2.05, 4.69) is 5.32 Å². The Bertz CT molecular complexity index is 807. The van der Waals surface area contributed by atoms with Crippen LogP contribution in [0.3, 0.4) is 0 Å². The van der Waals surface area contributed by atoms with Crippen LogP contribution in [0.15, 0.2) is 18.2 Å². The minimum absolute atomic E-state index is 0.142. The molecule has 0 aromatic heterocycles. The third kappa shape index (κ3) is 5.06. The molecule has 0 spiro atoms. The lowest BCUT2D eigenvalue weighted by Crippen LogP contribution is -2.47. The number of hydrogen-bond donors (Lipinski definition) is 1.